The fourth-order valence-corrected chi connectivity index (χ4v) is 3.05. The van der Waals surface area contributed by atoms with Crippen LogP contribution in [0.5, 0.6) is 11.5 Å². The number of benzene rings is 2. The highest BCUT2D eigenvalue weighted by Gasteiger charge is 2.21. The molecule has 1 amide bonds. The molecule has 30 heavy (non-hydrogen) atoms. The van der Waals surface area contributed by atoms with Gasteiger partial charge in [0.1, 0.15) is 23.0 Å². The average Bonchev–Trinajstić information content (AvgIpc) is 2.69. The van der Waals surface area contributed by atoms with E-state index in [-0.39, 0.29) is 17.1 Å². The van der Waals surface area contributed by atoms with Gasteiger partial charge in [0, 0.05) is 12.5 Å². The lowest BCUT2D eigenvalue weighted by atomic mass is 10.1. The number of carbonyl (C=O) groups excluding carboxylic acids is 1. The Bertz CT molecular complexity index is 1150. The Morgan fingerprint density at radius 1 is 1.13 bits per heavy atom. The highest BCUT2D eigenvalue weighted by atomic mass is 19.1. The van der Waals surface area contributed by atoms with Gasteiger partial charge in [0.2, 0.25) is 0 Å². The second-order valence-corrected chi connectivity index (χ2v) is 7.03. The molecule has 3 rings (SSSR count). The van der Waals surface area contributed by atoms with Crippen molar-refractivity contribution in [3.63, 3.8) is 0 Å². The number of hydrogen-bond donors (Lipinski definition) is 1. The highest BCUT2D eigenvalue weighted by Crippen LogP contribution is 2.30. The second kappa shape index (κ2) is 8.48. The summed E-state index contributed by atoms with van der Waals surface area (Å²) >= 11 is 0. The fourth-order valence-electron chi connectivity index (χ4n) is 3.05. The average molecular weight is 417 g/mol. The molecule has 0 unspecified atom stereocenters. The smallest absolute Gasteiger partial charge is 0.280 e. The summed E-state index contributed by atoms with van der Waals surface area (Å²) in [6.07, 6.45) is 0.333. The van der Waals surface area contributed by atoms with E-state index in [0.717, 1.165) is 22.9 Å². The van der Waals surface area contributed by atoms with Gasteiger partial charge < -0.3 is 9.47 Å². The number of amides is 1. The summed E-state index contributed by atoms with van der Waals surface area (Å²) in [4.78, 5) is 30.2. The second-order valence-electron chi connectivity index (χ2n) is 7.03. The van der Waals surface area contributed by atoms with E-state index in [2.05, 4.69) is 10.4 Å². The van der Waals surface area contributed by atoms with E-state index < -0.39 is 28.7 Å². The number of hydrogen-bond acceptors (Lipinski definition) is 5. The molecule has 0 saturated carbocycles. The van der Waals surface area contributed by atoms with E-state index in [0.29, 0.717) is 23.4 Å². The molecule has 0 aliphatic heterocycles. The van der Waals surface area contributed by atoms with E-state index in [9.17, 15) is 18.4 Å². The van der Waals surface area contributed by atoms with Crippen LogP contribution < -0.4 is 20.5 Å². The fraction of sp³-hybridized carbons (Fsp3) is 0.286. The zero-order chi connectivity index (χ0) is 22.0. The molecule has 2 aromatic carbocycles. The first-order valence-corrected chi connectivity index (χ1v) is 9.19. The Kier molecular flexibility index (Phi) is 6.00. The van der Waals surface area contributed by atoms with Crippen LogP contribution in [-0.2, 0) is 6.42 Å². The molecule has 1 N–H and O–H groups in total. The summed E-state index contributed by atoms with van der Waals surface area (Å²) in [7, 11) is 2.88. The van der Waals surface area contributed by atoms with Crippen LogP contribution in [0.4, 0.5) is 8.78 Å². The van der Waals surface area contributed by atoms with Crippen molar-refractivity contribution in [3.05, 3.63) is 63.7 Å². The molecular weight excluding hydrogens is 396 g/mol. The highest BCUT2D eigenvalue weighted by molar-refractivity contribution is 6.00. The van der Waals surface area contributed by atoms with Crippen molar-refractivity contribution >= 4 is 16.8 Å². The summed E-state index contributed by atoms with van der Waals surface area (Å²) in [5.74, 6) is -2.15. The zero-order valence-electron chi connectivity index (χ0n) is 17.0. The lowest BCUT2D eigenvalue weighted by Crippen LogP contribution is -2.37. The van der Waals surface area contributed by atoms with E-state index in [1.165, 1.54) is 20.3 Å². The minimum absolute atomic E-state index is 0.0860. The van der Waals surface area contributed by atoms with Crippen molar-refractivity contribution in [3.8, 4) is 11.5 Å². The van der Waals surface area contributed by atoms with Crippen LogP contribution in [0.2, 0.25) is 0 Å². The summed E-state index contributed by atoms with van der Waals surface area (Å²) in [6, 6.07) is 6.07. The third kappa shape index (κ3) is 3.96. The van der Waals surface area contributed by atoms with Gasteiger partial charge in [-0.25, -0.2) is 18.4 Å². The molecule has 3 aromatic rings. The molecule has 0 atom stereocenters. The molecule has 0 bridgehead atoms. The van der Waals surface area contributed by atoms with Crippen LogP contribution in [-0.4, -0.2) is 29.8 Å². The van der Waals surface area contributed by atoms with Crippen molar-refractivity contribution in [2.24, 2.45) is 5.92 Å². The normalized spacial score (nSPS) is 11.0. The number of fused-ring (bicyclic) bond motifs is 1. The third-order valence-corrected chi connectivity index (χ3v) is 4.44. The van der Waals surface area contributed by atoms with Gasteiger partial charge in [-0.05, 0) is 24.1 Å². The Balaban J connectivity index is 2.19. The number of ether oxygens (including phenoxy) is 2. The Morgan fingerprint density at radius 2 is 1.73 bits per heavy atom. The maximum Gasteiger partial charge on any atom is 0.280 e. The van der Waals surface area contributed by atoms with Gasteiger partial charge in [-0.1, -0.05) is 19.9 Å². The molecule has 158 valence electrons. The minimum Gasteiger partial charge on any atom is -0.493 e. The van der Waals surface area contributed by atoms with Crippen LogP contribution in [0.3, 0.4) is 0 Å². The van der Waals surface area contributed by atoms with Gasteiger partial charge in [-0.15, -0.1) is 0 Å². The first-order chi connectivity index (χ1) is 14.3. The molecule has 0 spiro atoms. The number of carbonyl (C=O) groups is 1. The molecule has 0 saturated heterocycles. The Hall–Kier alpha value is -3.49. The molecule has 1 heterocycles. The lowest BCUT2D eigenvalue weighted by Gasteiger charge is -2.17. The monoisotopic (exact) mass is 417 g/mol. The quantitative estimate of drug-likeness (QED) is 0.666. The standard InChI is InChI=1S/C21H21F2N3O4/c1-11(2)8-18-24-15-10-17(30-4)16(29-3)9-12(15)21(28)26(18)25-20(27)19-13(22)6-5-7-14(19)23/h5-7,9-11H,8H2,1-4H3,(H,25,27). The van der Waals surface area contributed by atoms with Crippen molar-refractivity contribution in [1.29, 1.82) is 0 Å². The van der Waals surface area contributed by atoms with Crippen LogP contribution in [0.25, 0.3) is 10.9 Å². The predicted octanol–water partition coefficient (Wildman–Crippen LogP) is 3.27. The minimum atomic E-state index is -1.10. The molecule has 0 fully saturated rings. The van der Waals surface area contributed by atoms with Crippen LogP contribution in [0, 0.1) is 17.6 Å². The van der Waals surface area contributed by atoms with E-state index >= 15 is 0 Å². The number of nitrogens with zero attached hydrogens (tertiary/aromatic N) is 2. The predicted molar refractivity (Wildman–Crippen MR) is 108 cm³/mol. The molecular formula is C21H21F2N3O4. The Labute approximate surface area is 171 Å². The van der Waals surface area contributed by atoms with E-state index in [1.807, 2.05) is 13.8 Å². The number of rotatable bonds is 6. The van der Waals surface area contributed by atoms with Crippen molar-refractivity contribution in [2.75, 3.05) is 19.6 Å². The van der Waals surface area contributed by atoms with Gasteiger partial charge in [-0.3, -0.25) is 15.0 Å². The summed E-state index contributed by atoms with van der Waals surface area (Å²) in [5.41, 5.74) is 1.24. The van der Waals surface area contributed by atoms with Gasteiger partial charge in [0.05, 0.1) is 25.1 Å². The van der Waals surface area contributed by atoms with Crippen LogP contribution in [0.15, 0.2) is 35.1 Å². The van der Waals surface area contributed by atoms with Gasteiger partial charge in [-0.2, -0.15) is 0 Å². The maximum absolute atomic E-state index is 14.0. The van der Waals surface area contributed by atoms with Crippen LogP contribution >= 0.6 is 0 Å². The number of methoxy groups -OCH3 is 2. The molecule has 1 aromatic heterocycles. The number of nitrogens with one attached hydrogen (secondary N) is 1. The van der Waals surface area contributed by atoms with Crippen molar-refractivity contribution in [2.45, 2.75) is 20.3 Å². The first kappa shape index (κ1) is 21.2. The van der Waals surface area contributed by atoms with Gasteiger partial charge in [0.25, 0.3) is 11.5 Å². The Morgan fingerprint density at radius 3 is 2.30 bits per heavy atom. The molecule has 7 nitrogen and oxygen atoms in total. The molecule has 0 aliphatic rings. The maximum atomic E-state index is 14.0. The molecule has 0 radical (unpaired) electrons. The van der Waals surface area contributed by atoms with Crippen LogP contribution in [0.1, 0.15) is 30.0 Å². The summed E-state index contributed by atoms with van der Waals surface area (Å²) in [5, 5.41) is 0.148. The zero-order valence-corrected chi connectivity index (χ0v) is 17.0. The first-order valence-electron chi connectivity index (χ1n) is 9.19. The topological polar surface area (TPSA) is 82.5 Å². The van der Waals surface area contributed by atoms with E-state index in [1.54, 1.807) is 6.07 Å². The number of halogens is 2. The molecule has 0 aliphatic carbocycles. The summed E-state index contributed by atoms with van der Waals surface area (Å²) < 4.78 is 39.4. The molecule has 9 heteroatoms. The third-order valence-electron chi connectivity index (χ3n) is 4.44. The van der Waals surface area contributed by atoms with Crippen molar-refractivity contribution in [1.82, 2.24) is 9.66 Å². The number of aromatic nitrogens is 2. The van der Waals surface area contributed by atoms with Crippen molar-refractivity contribution < 1.29 is 23.0 Å². The lowest BCUT2D eigenvalue weighted by molar-refractivity contribution is 0.0998. The van der Waals surface area contributed by atoms with E-state index in [4.69, 9.17) is 9.47 Å². The summed E-state index contributed by atoms with van der Waals surface area (Å²) in [6.45, 7) is 3.82. The largest absolute Gasteiger partial charge is 0.493 e. The van der Waals surface area contributed by atoms with Gasteiger partial charge >= 0.3 is 0 Å². The SMILES string of the molecule is COc1cc2nc(CC(C)C)n(NC(=O)c3c(F)cccc3F)c(=O)c2cc1OC. The van der Waals surface area contributed by atoms with Gasteiger partial charge in [0.15, 0.2) is 11.5 Å².